The minimum absolute atomic E-state index is 0.479. The predicted molar refractivity (Wildman–Crippen MR) is 127 cm³/mol. The summed E-state index contributed by atoms with van der Waals surface area (Å²) in [5.41, 5.74) is 2.51. The number of hydrogen-bond donors (Lipinski definition) is 0. The number of benzene rings is 2. The fraction of sp³-hybridized carbons (Fsp3) is 0.238. The zero-order valence-electron chi connectivity index (χ0n) is 14.7. The molecule has 2 aromatic carbocycles. The third kappa shape index (κ3) is 6.77. The molecule has 0 N–H and O–H groups in total. The standard InChI is InChI=1S/C21H20Br4O2/c1-3-8-26-20-16(22)10-14(11-17(20)23)6-5-7-15-12-18(24)21(19(25)13-15)27-9-4-2/h3-4,10-13H,1-2,5-9H2. The van der Waals surface area contributed by atoms with Gasteiger partial charge in [-0.3, -0.25) is 0 Å². The van der Waals surface area contributed by atoms with Crippen LogP contribution in [0, 0.1) is 0 Å². The number of ether oxygens (including phenoxy) is 2. The first-order valence-electron chi connectivity index (χ1n) is 8.39. The molecule has 0 aliphatic rings. The molecule has 0 unspecified atom stereocenters. The van der Waals surface area contributed by atoms with E-state index in [1.165, 1.54) is 11.1 Å². The van der Waals surface area contributed by atoms with Gasteiger partial charge in [0.1, 0.15) is 24.7 Å². The molecular weight excluding hydrogens is 604 g/mol. The highest BCUT2D eigenvalue weighted by Crippen LogP contribution is 2.36. The van der Waals surface area contributed by atoms with E-state index in [2.05, 4.69) is 101 Å². The van der Waals surface area contributed by atoms with Crippen molar-refractivity contribution in [2.45, 2.75) is 19.3 Å². The van der Waals surface area contributed by atoms with E-state index >= 15 is 0 Å². The van der Waals surface area contributed by atoms with Gasteiger partial charge in [0.25, 0.3) is 0 Å². The van der Waals surface area contributed by atoms with Crippen molar-refractivity contribution in [1.82, 2.24) is 0 Å². The molecule has 2 nitrogen and oxygen atoms in total. The quantitative estimate of drug-likeness (QED) is 0.250. The third-order valence-corrected chi connectivity index (χ3v) is 6.09. The second-order valence-corrected chi connectivity index (χ2v) is 9.25. The average Bonchev–Trinajstić information content (AvgIpc) is 2.60. The van der Waals surface area contributed by atoms with E-state index in [-0.39, 0.29) is 0 Å². The second kappa shape index (κ2) is 11.4. The van der Waals surface area contributed by atoms with E-state index in [0.29, 0.717) is 13.2 Å². The maximum Gasteiger partial charge on any atom is 0.148 e. The summed E-state index contributed by atoms with van der Waals surface area (Å²) in [5.74, 6) is 1.61. The Labute approximate surface area is 194 Å². The summed E-state index contributed by atoms with van der Waals surface area (Å²) in [4.78, 5) is 0. The fourth-order valence-corrected chi connectivity index (χ4v) is 5.59. The second-order valence-electron chi connectivity index (χ2n) is 5.83. The van der Waals surface area contributed by atoms with Crippen molar-refractivity contribution in [3.8, 4) is 11.5 Å². The highest BCUT2D eigenvalue weighted by Gasteiger charge is 2.11. The van der Waals surface area contributed by atoms with Crippen LogP contribution in [0.15, 0.2) is 67.5 Å². The summed E-state index contributed by atoms with van der Waals surface area (Å²) in [6.45, 7) is 8.32. The van der Waals surface area contributed by atoms with Crippen LogP contribution in [0.1, 0.15) is 17.5 Å². The van der Waals surface area contributed by atoms with Gasteiger partial charge < -0.3 is 9.47 Å². The van der Waals surface area contributed by atoms with E-state index in [0.717, 1.165) is 48.7 Å². The van der Waals surface area contributed by atoms with E-state index in [1.807, 2.05) is 0 Å². The number of hydrogen-bond acceptors (Lipinski definition) is 2. The molecule has 0 bridgehead atoms. The average molecular weight is 624 g/mol. The van der Waals surface area contributed by atoms with Crippen LogP contribution in [0.5, 0.6) is 11.5 Å². The summed E-state index contributed by atoms with van der Waals surface area (Å²) in [5, 5.41) is 0. The first-order valence-corrected chi connectivity index (χ1v) is 11.6. The molecule has 144 valence electrons. The third-order valence-electron chi connectivity index (χ3n) is 3.74. The van der Waals surface area contributed by atoms with Gasteiger partial charge >= 0.3 is 0 Å². The van der Waals surface area contributed by atoms with Gasteiger partial charge in [-0.2, -0.15) is 0 Å². The highest BCUT2D eigenvalue weighted by molar-refractivity contribution is 9.11. The molecule has 0 saturated carbocycles. The zero-order valence-corrected chi connectivity index (χ0v) is 21.1. The maximum absolute atomic E-state index is 5.67. The lowest BCUT2D eigenvalue weighted by Crippen LogP contribution is -1.98. The summed E-state index contributed by atoms with van der Waals surface area (Å²) >= 11 is 14.4. The Bertz CT molecular complexity index is 704. The van der Waals surface area contributed by atoms with Gasteiger partial charge in [-0.15, -0.1) is 0 Å². The van der Waals surface area contributed by atoms with Crippen molar-refractivity contribution < 1.29 is 9.47 Å². The van der Waals surface area contributed by atoms with Crippen LogP contribution in [-0.2, 0) is 12.8 Å². The molecule has 2 aromatic rings. The van der Waals surface area contributed by atoms with Crippen molar-refractivity contribution in [3.05, 3.63) is 78.6 Å². The van der Waals surface area contributed by atoms with E-state index < -0.39 is 0 Å². The minimum Gasteiger partial charge on any atom is -0.487 e. The van der Waals surface area contributed by atoms with Gasteiger partial charge in [0, 0.05) is 0 Å². The predicted octanol–water partition coefficient (Wildman–Crippen LogP) is 8.04. The molecule has 0 aromatic heterocycles. The Morgan fingerprint density at radius 1 is 0.667 bits per heavy atom. The minimum atomic E-state index is 0.479. The fourth-order valence-electron chi connectivity index (χ4n) is 2.57. The normalized spacial score (nSPS) is 10.5. The smallest absolute Gasteiger partial charge is 0.148 e. The largest absolute Gasteiger partial charge is 0.487 e. The lowest BCUT2D eigenvalue weighted by Gasteiger charge is -2.12. The first-order chi connectivity index (χ1) is 13.0. The summed E-state index contributed by atoms with van der Waals surface area (Å²) in [6, 6.07) is 8.45. The van der Waals surface area contributed by atoms with Crippen molar-refractivity contribution >= 4 is 63.7 Å². The lowest BCUT2D eigenvalue weighted by atomic mass is 10.0. The number of aryl methyl sites for hydroxylation is 2. The van der Waals surface area contributed by atoms with Gasteiger partial charge in [0.15, 0.2) is 0 Å². The molecule has 0 amide bonds. The lowest BCUT2D eigenvalue weighted by molar-refractivity contribution is 0.358. The van der Waals surface area contributed by atoms with Gasteiger partial charge in [0.2, 0.25) is 0 Å². The molecular formula is C21H20Br4O2. The molecule has 0 aliphatic heterocycles. The van der Waals surface area contributed by atoms with E-state index in [1.54, 1.807) is 12.2 Å². The monoisotopic (exact) mass is 620 g/mol. The first kappa shape index (κ1) is 22.7. The van der Waals surface area contributed by atoms with Gasteiger partial charge in [-0.1, -0.05) is 25.3 Å². The molecule has 0 spiro atoms. The summed E-state index contributed by atoms with van der Waals surface area (Å²) in [7, 11) is 0. The molecule has 0 fully saturated rings. The molecule has 0 atom stereocenters. The Kier molecular flexibility index (Phi) is 9.63. The Balaban J connectivity index is 2.00. The molecule has 0 radical (unpaired) electrons. The molecule has 0 saturated heterocycles. The van der Waals surface area contributed by atoms with Crippen LogP contribution in [0.25, 0.3) is 0 Å². The summed E-state index contributed by atoms with van der Waals surface area (Å²) in [6.07, 6.45) is 6.46. The number of rotatable bonds is 10. The zero-order chi connectivity index (χ0) is 19.8. The van der Waals surface area contributed by atoms with Crippen molar-refractivity contribution in [3.63, 3.8) is 0 Å². The van der Waals surface area contributed by atoms with Crippen molar-refractivity contribution in [2.75, 3.05) is 13.2 Å². The van der Waals surface area contributed by atoms with Gasteiger partial charge in [-0.05, 0) is 118 Å². The van der Waals surface area contributed by atoms with E-state index in [4.69, 9.17) is 9.47 Å². The molecule has 2 rings (SSSR count). The molecule has 6 heteroatoms. The molecule has 0 aliphatic carbocycles. The van der Waals surface area contributed by atoms with Crippen LogP contribution in [0.4, 0.5) is 0 Å². The topological polar surface area (TPSA) is 18.5 Å². The Morgan fingerprint density at radius 2 is 1.00 bits per heavy atom. The van der Waals surface area contributed by atoms with Crippen molar-refractivity contribution in [2.24, 2.45) is 0 Å². The maximum atomic E-state index is 5.67. The SMILES string of the molecule is C=CCOc1c(Br)cc(CCCc2cc(Br)c(OCC=C)c(Br)c2)cc1Br. The van der Waals surface area contributed by atoms with Crippen LogP contribution < -0.4 is 9.47 Å². The Morgan fingerprint density at radius 3 is 1.30 bits per heavy atom. The van der Waals surface area contributed by atoms with Crippen molar-refractivity contribution in [1.29, 1.82) is 0 Å². The molecule has 0 heterocycles. The van der Waals surface area contributed by atoms with Gasteiger partial charge in [0.05, 0.1) is 17.9 Å². The highest BCUT2D eigenvalue weighted by atomic mass is 79.9. The van der Waals surface area contributed by atoms with Gasteiger partial charge in [-0.25, -0.2) is 0 Å². The molecule has 27 heavy (non-hydrogen) atoms. The number of halogens is 4. The summed E-state index contributed by atoms with van der Waals surface area (Å²) < 4.78 is 15.1. The van der Waals surface area contributed by atoms with E-state index in [9.17, 15) is 0 Å². The van der Waals surface area contributed by atoms with Crippen LogP contribution >= 0.6 is 63.7 Å². The van der Waals surface area contributed by atoms with Crippen LogP contribution in [0.2, 0.25) is 0 Å². The van der Waals surface area contributed by atoms with Crippen LogP contribution in [-0.4, -0.2) is 13.2 Å². The van der Waals surface area contributed by atoms with Crippen LogP contribution in [0.3, 0.4) is 0 Å². The Hall–Kier alpha value is -0.560.